The van der Waals surface area contributed by atoms with Gasteiger partial charge in [-0.3, -0.25) is 0 Å². The van der Waals surface area contributed by atoms with Crippen LogP contribution in [0.15, 0.2) is 11.8 Å². The molecule has 0 saturated heterocycles. The lowest BCUT2D eigenvalue weighted by Gasteiger charge is -1.99. The quantitative estimate of drug-likeness (QED) is 0.444. The minimum atomic E-state index is -4.32. The van der Waals surface area contributed by atoms with Crippen LogP contribution in [0.25, 0.3) is 0 Å². The van der Waals surface area contributed by atoms with E-state index in [1.807, 2.05) is 0 Å². The van der Waals surface area contributed by atoms with Crippen molar-refractivity contribution in [3.63, 3.8) is 0 Å². The lowest BCUT2D eigenvalue weighted by atomic mass is 10.2. The van der Waals surface area contributed by atoms with Crippen LogP contribution in [-0.2, 0) is 0 Å². The van der Waals surface area contributed by atoms with Gasteiger partial charge in [0.25, 0.3) is 0 Å². The highest BCUT2D eigenvalue weighted by atomic mass is 28.2. The minimum Gasteiger partial charge on any atom is -0.105 e. The second-order valence-electron chi connectivity index (χ2n) is 1.30. The summed E-state index contributed by atoms with van der Waals surface area (Å²) in [4.78, 5) is 0. The van der Waals surface area contributed by atoms with Gasteiger partial charge in [-0.2, -0.15) is 0 Å². The monoisotopic (exact) mass is 136 g/mol. The van der Waals surface area contributed by atoms with E-state index in [1.54, 1.807) is 0 Å². The smallest absolute Gasteiger partial charge is 0.0450 e. The summed E-state index contributed by atoms with van der Waals surface area (Å²) in [6, 6.07) is 0. The van der Waals surface area contributed by atoms with Gasteiger partial charge in [-0.15, -0.1) is 5.70 Å². The van der Waals surface area contributed by atoms with Crippen molar-refractivity contribution in [1.82, 2.24) is 0 Å². The van der Waals surface area contributed by atoms with E-state index in [2.05, 4.69) is 0 Å². The molecule has 46 valence electrons. The van der Waals surface area contributed by atoms with Crippen LogP contribution in [0, 0.1) is 0 Å². The molecule has 8 heavy (non-hydrogen) atoms. The van der Waals surface area contributed by atoms with Crippen molar-refractivity contribution in [2.24, 2.45) is 0 Å². The average molecular weight is 136 g/mol. The molecular weight excluding hydrogens is 112 g/mol. The van der Waals surface area contributed by atoms with Crippen LogP contribution in [0.1, 0.15) is 36.5 Å². The zero-order chi connectivity index (χ0) is 14.6. The Morgan fingerprint density at radius 2 is 2.50 bits per heavy atom. The van der Waals surface area contributed by atoms with Crippen LogP contribution in [0.3, 0.4) is 0 Å². The summed E-state index contributed by atoms with van der Waals surface area (Å²) < 4.78 is 76.1. The van der Waals surface area contributed by atoms with Gasteiger partial charge in [0.1, 0.15) is 0 Å². The van der Waals surface area contributed by atoms with Gasteiger partial charge in [-0.25, -0.2) is 0 Å². The number of hydrogen-bond acceptors (Lipinski definition) is 0. The Morgan fingerprint density at radius 3 is 3.50 bits per heavy atom. The first-order valence-electron chi connectivity index (χ1n) is 7.38. The average Bonchev–Trinajstić information content (AvgIpc) is 2.14. The summed E-state index contributed by atoms with van der Waals surface area (Å²) in [7, 11) is -4.32. The molecule has 1 aliphatic rings. The highest BCUT2D eigenvalue weighted by Gasteiger charge is 1.90. The van der Waals surface area contributed by atoms with Gasteiger partial charge in [0.15, 0.2) is 0 Å². The molecule has 0 N–H and O–H groups in total. The van der Waals surface area contributed by atoms with Crippen LogP contribution >= 0.6 is 0 Å². The highest BCUT2D eigenvalue weighted by Crippen LogP contribution is 2.06. The van der Waals surface area contributed by atoms with Crippen LogP contribution in [0.5, 0.6) is 0 Å². The molecule has 0 radical (unpaired) electrons. The lowest BCUT2D eigenvalue weighted by Crippen LogP contribution is -1.88. The Morgan fingerprint density at radius 1 is 1.50 bits per heavy atom. The standard InChI is InChI=1S/C7H14Si/c1-2-4-6-8-7-5-3-1/h4,6H,1-3,5,7-8H2/b6-4-/i1D2,3D2,5D2,7D2,8D2. The summed E-state index contributed by atoms with van der Waals surface area (Å²) >= 11 is 0. The molecule has 0 aromatic rings. The predicted molar refractivity (Wildman–Crippen MR) is 41.0 cm³/mol. The Balaban J connectivity index is 3.54. The van der Waals surface area contributed by atoms with Gasteiger partial charge in [-0.1, -0.05) is 24.8 Å². The van der Waals surface area contributed by atoms with Crippen molar-refractivity contribution in [3.05, 3.63) is 11.8 Å². The van der Waals surface area contributed by atoms with Crippen LogP contribution in [0.2, 0.25) is 6.00 Å². The van der Waals surface area contributed by atoms with Crippen LogP contribution in [0.4, 0.5) is 0 Å². The maximum atomic E-state index is 7.64. The van der Waals surface area contributed by atoms with Crippen molar-refractivity contribution in [3.8, 4) is 0 Å². The van der Waals surface area contributed by atoms with Gasteiger partial charge >= 0.3 is 0 Å². The minimum absolute atomic E-state index is 0.484. The molecule has 0 amide bonds. The van der Waals surface area contributed by atoms with Crippen LogP contribution < -0.4 is 0 Å². The van der Waals surface area contributed by atoms with Gasteiger partial charge in [0.05, 0.1) is 0 Å². The first kappa shape index (κ1) is 1.19. The maximum absolute atomic E-state index is 7.64. The second-order valence-corrected chi connectivity index (χ2v) is 2.17. The summed E-state index contributed by atoms with van der Waals surface area (Å²) in [6.45, 7) is 0. The number of allylic oxidation sites excluding steroid dienone is 1. The van der Waals surface area contributed by atoms with E-state index in [9.17, 15) is 0 Å². The first-order valence-corrected chi connectivity index (χ1v) is 3.46. The van der Waals surface area contributed by atoms with E-state index in [4.69, 9.17) is 13.4 Å². The molecule has 0 aromatic carbocycles. The Bertz CT molecular complexity index is 370. The normalized spacial score (nSPS) is 76.0. The summed E-state index contributed by atoms with van der Waals surface area (Å²) in [5, 5.41) is 0. The van der Waals surface area contributed by atoms with E-state index >= 15 is 0 Å². The van der Waals surface area contributed by atoms with E-state index in [-0.39, 0.29) is 0 Å². The maximum Gasteiger partial charge on any atom is 0.0450 e. The van der Waals surface area contributed by atoms with Crippen molar-refractivity contribution < 1.29 is 11.0 Å². The highest BCUT2D eigenvalue weighted by molar-refractivity contribution is 6.41. The van der Waals surface area contributed by atoms with E-state index in [1.165, 1.54) is 0 Å². The molecule has 0 aliphatic carbocycles. The first-order chi connectivity index (χ1) is 7.71. The van der Waals surface area contributed by atoms with Gasteiger partial charge in [-0.05, 0) is 12.8 Å². The third-order valence-corrected chi connectivity index (χ3v) is 1.38. The lowest BCUT2D eigenvalue weighted by molar-refractivity contribution is 0.724. The molecule has 0 atom stereocenters. The molecule has 1 heterocycles. The molecule has 0 fully saturated rings. The largest absolute Gasteiger partial charge is 0.105 e. The van der Waals surface area contributed by atoms with Crippen molar-refractivity contribution in [2.75, 3.05) is 0 Å². The molecule has 1 aliphatic heterocycles. The SMILES string of the molecule is [2H]C1([2H])C/C=C\[Si]([2H])([2H])C([2H])([2H])C([2H])([2H])C1([2H])[2H]. The molecule has 1 rings (SSSR count). The number of rotatable bonds is 0. The summed E-state index contributed by atoms with van der Waals surface area (Å²) in [5.74, 6) is -3.06. The van der Waals surface area contributed by atoms with Crippen LogP contribution in [-0.4, -0.2) is 11.9 Å². The zero-order valence-corrected chi connectivity index (χ0v) is 5.36. The third kappa shape index (κ3) is 2.31. The fraction of sp³-hybridized carbons (Fsp3) is 0.714. The summed E-state index contributed by atoms with van der Waals surface area (Å²) in [6.07, 6.45) is -8.40. The Labute approximate surface area is 67.5 Å². The Hall–Kier alpha value is -0.0431. The second kappa shape index (κ2) is 3.90. The molecule has 0 unspecified atom stereocenters. The third-order valence-electron chi connectivity index (χ3n) is 0.707. The van der Waals surface area contributed by atoms with Crippen molar-refractivity contribution >= 4 is 9.38 Å². The topological polar surface area (TPSA) is 0 Å². The molecule has 0 nitrogen and oxygen atoms in total. The van der Waals surface area contributed by atoms with Gasteiger partial charge < -0.3 is 0 Å². The molecule has 0 spiro atoms. The molecule has 0 saturated carbocycles. The fourth-order valence-corrected chi connectivity index (χ4v) is 0.835. The van der Waals surface area contributed by atoms with Crippen molar-refractivity contribution in [2.45, 2.75) is 31.5 Å². The molecule has 1 heteroatoms. The van der Waals surface area contributed by atoms with Gasteiger partial charge in [0.2, 0.25) is 0 Å². The van der Waals surface area contributed by atoms with E-state index in [0.29, 0.717) is 0 Å². The molecular formula is C7H14Si. The predicted octanol–water partition coefficient (Wildman–Crippen LogP) is 1.66. The van der Waals surface area contributed by atoms with Gasteiger partial charge in [0, 0.05) is 22.8 Å². The Kier molecular flexibility index (Phi) is 0.582. The zero-order valence-electron chi connectivity index (χ0n) is 14.4. The van der Waals surface area contributed by atoms with E-state index < -0.39 is 40.9 Å². The fourth-order valence-electron chi connectivity index (χ4n) is 0.381. The summed E-state index contributed by atoms with van der Waals surface area (Å²) in [5.41, 5.74) is 0.901. The molecule has 0 bridgehead atoms. The number of hydrogen-bond donors (Lipinski definition) is 0. The van der Waals surface area contributed by atoms with E-state index in [0.717, 1.165) is 11.8 Å². The molecule has 0 aromatic heterocycles. The van der Waals surface area contributed by atoms with Crippen molar-refractivity contribution in [1.29, 1.82) is 2.47 Å².